The van der Waals surface area contributed by atoms with Gasteiger partial charge in [0.1, 0.15) is 0 Å². The van der Waals surface area contributed by atoms with Crippen LogP contribution in [0.5, 0.6) is 0 Å². The topological polar surface area (TPSA) is 93.0 Å². The maximum atomic E-state index is 12.7. The van der Waals surface area contributed by atoms with Crippen molar-refractivity contribution in [2.45, 2.75) is 35.8 Å². The molecule has 200 valence electrons. The smallest absolute Gasteiger partial charge is 0.289 e. The van der Waals surface area contributed by atoms with E-state index in [-0.39, 0.29) is 16.0 Å². The van der Waals surface area contributed by atoms with E-state index in [2.05, 4.69) is 10.2 Å². The first kappa shape index (κ1) is 28.7. The quantitative estimate of drug-likeness (QED) is 0.225. The highest BCUT2D eigenvalue weighted by Gasteiger charge is 2.38. The summed E-state index contributed by atoms with van der Waals surface area (Å²) >= 11 is 0. The van der Waals surface area contributed by atoms with Crippen molar-refractivity contribution in [3.8, 4) is 0 Å². The van der Waals surface area contributed by atoms with Crippen molar-refractivity contribution < 1.29 is 44.3 Å². The molecule has 0 aliphatic heterocycles. The maximum Gasteiger partial charge on any atom is 0.450 e. The van der Waals surface area contributed by atoms with E-state index in [1.54, 1.807) is 0 Å². The summed E-state index contributed by atoms with van der Waals surface area (Å²) in [7, 11) is -3.83. The van der Waals surface area contributed by atoms with Gasteiger partial charge in [-0.2, -0.15) is 36.6 Å². The molecule has 38 heavy (non-hydrogen) atoms. The van der Waals surface area contributed by atoms with Crippen molar-refractivity contribution in [2.24, 2.45) is 10.2 Å². The number of hydrogen-bond acceptors (Lipinski definition) is 6. The summed E-state index contributed by atoms with van der Waals surface area (Å²) in [6, 6.07) is 16.0. The number of nitrogens with zero attached hydrogens (tertiary/aromatic N) is 2. The third kappa shape index (κ3) is 8.07. The van der Waals surface area contributed by atoms with E-state index >= 15 is 0 Å². The molecule has 3 rings (SSSR count). The molecule has 3 aromatic carbocycles. The molecule has 0 bridgehead atoms. The van der Waals surface area contributed by atoms with Gasteiger partial charge in [-0.1, -0.05) is 36.4 Å². The van der Waals surface area contributed by atoms with Gasteiger partial charge in [0.2, 0.25) is 11.6 Å². The zero-order valence-electron chi connectivity index (χ0n) is 19.3. The Labute approximate surface area is 212 Å². The maximum absolute atomic E-state index is 12.7. The van der Waals surface area contributed by atoms with Crippen molar-refractivity contribution in [3.63, 3.8) is 0 Å². The second kappa shape index (κ2) is 11.3. The number of alkyl halides is 6. The largest absolute Gasteiger partial charge is 0.450 e. The van der Waals surface area contributed by atoms with Crippen LogP contribution in [0.2, 0.25) is 0 Å². The molecular weight excluding hydrogens is 538 g/mol. The Kier molecular flexibility index (Phi) is 8.50. The van der Waals surface area contributed by atoms with Gasteiger partial charge >= 0.3 is 12.4 Å². The van der Waals surface area contributed by atoms with Crippen molar-refractivity contribution in [3.05, 3.63) is 89.5 Å². The molecule has 0 N–H and O–H groups in total. The highest BCUT2D eigenvalue weighted by atomic mass is 32.2. The number of azo groups is 1. The first-order valence-electron chi connectivity index (χ1n) is 10.7. The summed E-state index contributed by atoms with van der Waals surface area (Å²) < 4.78 is 99.6. The van der Waals surface area contributed by atoms with Crippen LogP contribution in [-0.4, -0.2) is 32.3 Å². The number of hydrogen-bond donors (Lipinski definition) is 0. The molecule has 0 radical (unpaired) electrons. The number of sulfone groups is 1. The van der Waals surface area contributed by atoms with Crippen molar-refractivity contribution in [1.82, 2.24) is 0 Å². The minimum Gasteiger partial charge on any atom is -0.289 e. The monoisotopic (exact) mass is 556 g/mol. The van der Waals surface area contributed by atoms with Crippen molar-refractivity contribution in [2.75, 3.05) is 0 Å². The second-order valence-electron chi connectivity index (χ2n) is 8.13. The van der Waals surface area contributed by atoms with E-state index in [0.717, 1.165) is 24.3 Å². The summed E-state index contributed by atoms with van der Waals surface area (Å²) in [6.07, 6.45) is -11.5. The van der Waals surface area contributed by atoms with Gasteiger partial charge in [0.15, 0.2) is 9.84 Å². The number of carbonyl (C=O) groups excluding carboxylic acids is 2. The first-order chi connectivity index (χ1) is 17.6. The van der Waals surface area contributed by atoms with Gasteiger partial charge in [-0.05, 0) is 53.1 Å². The zero-order chi connectivity index (χ0) is 28.1. The van der Waals surface area contributed by atoms with E-state index < -0.39 is 52.4 Å². The Morgan fingerprint density at radius 3 is 1.29 bits per heavy atom. The van der Waals surface area contributed by atoms with Crippen LogP contribution in [0.25, 0.3) is 0 Å². The predicted molar refractivity (Wildman–Crippen MR) is 124 cm³/mol. The molecule has 0 unspecified atom stereocenters. The van der Waals surface area contributed by atoms with Gasteiger partial charge < -0.3 is 0 Å². The minimum absolute atomic E-state index is 0.0328. The standard InChI is InChI=1S/C25H18F6N2O4S/c26-24(27,28)22(34)13-16-1-7-19(8-2-16)32-33-20-9-3-18(4-10-20)15-38(36,37)21-11-5-17(6-12-21)14-23(35)25(29,30)31/h1-12H,13-15H2. The fourth-order valence-corrected chi connectivity index (χ4v) is 4.49. The molecule has 6 nitrogen and oxygen atoms in total. The van der Waals surface area contributed by atoms with Crippen LogP contribution in [0.15, 0.2) is 87.9 Å². The molecule has 0 aliphatic carbocycles. The van der Waals surface area contributed by atoms with Gasteiger partial charge in [0, 0.05) is 12.8 Å². The molecule has 0 atom stereocenters. The van der Waals surface area contributed by atoms with Crippen molar-refractivity contribution in [1.29, 1.82) is 0 Å². The Balaban J connectivity index is 1.60. The average molecular weight is 556 g/mol. The summed E-state index contributed by atoms with van der Waals surface area (Å²) in [5.41, 5.74) is 1.28. The van der Waals surface area contributed by atoms with Crippen LogP contribution in [0.3, 0.4) is 0 Å². The summed E-state index contributed by atoms with van der Waals surface area (Å²) in [4.78, 5) is 22.0. The molecule has 0 aromatic heterocycles. The molecular formula is C25H18F6N2O4S. The lowest BCUT2D eigenvalue weighted by molar-refractivity contribution is -0.170. The first-order valence-corrected chi connectivity index (χ1v) is 12.4. The van der Waals surface area contributed by atoms with Crippen LogP contribution in [0, 0.1) is 0 Å². The molecule has 0 aliphatic rings. The average Bonchev–Trinajstić information content (AvgIpc) is 2.83. The van der Waals surface area contributed by atoms with E-state index in [1.165, 1.54) is 48.5 Å². The highest BCUT2D eigenvalue weighted by molar-refractivity contribution is 7.90. The lowest BCUT2D eigenvalue weighted by Gasteiger charge is -2.08. The molecule has 0 amide bonds. The molecule has 0 saturated heterocycles. The molecule has 0 spiro atoms. The van der Waals surface area contributed by atoms with Crippen LogP contribution in [-0.2, 0) is 38.0 Å². The summed E-state index contributed by atoms with van der Waals surface area (Å²) in [5, 5.41) is 7.92. The van der Waals surface area contributed by atoms with Crippen LogP contribution in [0.1, 0.15) is 16.7 Å². The van der Waals surface area contributed by atoms with Gasteiger partial charge in [-0.15, -0.1) is 0 Å². The van der Waals surface area contributed by atoms with E-state index in [9.17, 15) is 44.3 Å². The Bertz CT molecular complexity index is 1430. The Morgan fingerprint density at radius 1 is 0.579 bits per heavy atom. The minimum atomic E-state index is -4.97. The Hall–Kier alpha value is -3.87. The molecule has 0 heterocycles. The summed E-state index contributed by atoms with van der Waals surface area (Å²) in [5.74, 6) is -4.19. The van der Waals surface area contributed by atoms with E-state index in [0.29, 0.717) is 16.9 Å². The van der Waals surface area contributed by atoms with Gasteiger partial charge in [0.25, 0.3) is 0 Å². The number of ketones is 2. The van der Waals surface area contributed by atoms with Gasteiger partial charge in [0.05, 0.1) is 22.0 Å². The SMILES string of the molecule is O=C(Cc1ccc(N=Nc2ccc(CS(=O)(=O)c3ccc(CC(=O)C(F)(F)F)cc3)cc2)cc1)C(F)(F)F. The fourth-order valence-electron chi connectivity index (χ4n) is 3.14. The molecule has 0 saturated carbocycles. The van der Waals surface area contributed by atoms with Crippen LogP contribution < -0.4 is 0 Å². The Morgan fingerprint density at radius 2 is 0.921 bits per heavy atom. The third-order valence-corrected chi connectivity index (χ3v) is 6.86. The van der Waals surface area contributed by atoms with E-state index in [1.807, 2.05) is 0 Å². The number of benzene rings is 3. The fraction of sp³-hybridized carbons (Fsp3) is 0.200. The van der Waals surface area contributed by atoms with Gasteiger partial charge in [-0.25, -0.2) is 8.42 Å². The number of rotatable bonds is 9. The van der Waals surface area contributed by atoms with Crippen LogP contribution in [0.4, 0.5) is 37.7 Å². The zero-order valence-corrected chi connectivity index (χ0v) is 20.1. The molecule has 3 aromatic rings. The van der Waals surface area contributed by atoms with Crippen molar-refractivity contribution >= 4 is 32.8 Å². The third-order valence-electron chi connectivity index (χ3n) is 5.15. The number of carbonyl (C=O) groups is 2. The predicted octanol–water partition coefficient (Wildman–Crippen LogP) is 6.42. The highest BCUT2D eigenvalue weighted by Crippen LogP contribution is 2.24. The lowest BCUT2D eigenvalue weighted by Crippen LogP contribution is -2.24. The number of halogens is 6. The molecule has 13 heteroatoms. The molecule has 0 fully saturated rings. The normalized spacial score (nSPS) is 12.6. The second-order valence-corrected chi connectivity index (χ2v) is 10.1. The van der Waals surface area contributed by atoms with E-state index in [4.69, 9.17) is 0 Å². The lowest BCUT2D eigenvalue weighted by atomic mass is 10.1. The summed E-state index contributed by atoms with van der Waals surface area (Å²) in [6.45, 7) is 0. The van der Waals surface area contributed by atoms with Crippen LogP contribution >= 0.6 is 0 Å². The number of Topliss-reactive ketones (excluding diaryl/α,β-unsaturated/α-hetero) is 2. The van der Waals surface area contributed by atoms with Gasteiger partial charge in [-0.3, -0.25) is 9.59 Å².